The van der Waals surface area contributed by atoms with Gasteiger partial charge in [0.1, 0.15) is 11.6 Å². The largest absolute Gasteiger partial charge is 0.497 e. The summed E-state index contributed by atoms with van der Waals surface area (Å²) in [4.78, 5) is 14.8. The number of rotatable bonds is 8. The minimum absolute atomic E-state index is 0.0372. The van der Waals surface area contributed by atoms with Gasteiger partial charge in [0.05, 0.1) is 13.0 Å². The number of ether oxygens (including phenoxy) is 1. The van der Waals surface area contributed by atoms with Crippen LogP contribution in [0.25, 0.3) is 0 Å². The molecule has 1 atom stereocenters. The van der Waals surface area contributed by atoms with Crippen LogP contribution in [0.3, 0.4) is 0 Å². The van der Waals surface area contributed by atoms with E-state index in [0.29, 0.717) is 6.54 Å². The average Bonchev–Trinajstić information content (AvgIpc) is 2.73. The van der Waals surface area contributed by atoms with Crippen LogP contribution in [0.2, 0.25) is 0 Å². The molecule has 5 heteroatoms. The minimum Gasteiger partial charge on any atom is -0.497 e. The molecule has 1 heterocycles. The quantitative estimate of drug-likeness (QED) is 0.704. The predicted molar refractivity (Wildman–Crippen MR) is 109 cm³/mol. The van der Waals surface area contributed by atoms with Crippen molar-refractivity contribution in [3.63, 3.8) is 0 Å². The maximum Gasteiger partial charge on any atom is 0.224 e. The molecule has 1 fully saturated rings. The van der Waals surface area contributed by atoms with Crippen LogP contribution >= 0.6 is 0 Å². The molecular formula is C23H29FN2O2. The Morgan fingerprint density at radius 3 is 2.57 bits per heavy atom. The zero-order valence-electron chi connectivity index (χ0n) is 16.5. The number of likely N-dealkylation sites (tertiary alicyclic amines) is 1. The Balaban J connectivity index is 1.39. The fourth-order valence-corrected chi connectivity index (χ4v) is 3.70. The van der Waals surface area contributed by atoms with E-state index in [2.05, 4.69) is 22.3 Å². The Hall–Kier alpha value is -2.40. The van der Waals surface area contributed by atoms with Crippen molar-refractivity contribution in [3.8, 4) is 5.75 Å². The number of methoxy groups -OCH3 is 1. The van der Waals surface area contributed by atoms with E-state index >= 15 is 0 Å². The van der Waals surface area contributed by atoms with Crippen molar-refractivity contribution < 1.29 is 13.9 Å². The lowest BCUT2D eigenvalue weighted by Crippen LogP contribution is -2.42. The monoisotopic (exact) mass is 384 g/mol. The second-order valence-corrected chi connectivity index (χ2v) is 7.44. The van der Waals surface area contributed by atoms with E-state index in [0.717, 1.165) is 56.6 Å². The van der Waals surface area contributed by atoms with E-state index in [9.17, 15) is 9.18 Å². The highest BCUT2D eigenvalue weighted by atomic mass is 19.1. The van der Waals surface area contributed by atoms with Crippen molar-refractivity contribution in [2.24, 2.45) is 5.92 Å². The predicted octanol–water partition coefficient (Wildman–Crippen LogP) is 3.80. The molecule has 0 saturated carbocycles. The van der Waals surface area contributed by atoms with Crippen LogP contribution in [0.1, 0.15) is 30.4 Å². The number of nitrogens with one attached hydrogen (secondary N) is 1. The summed E-state index contributed by atoms with van der Waals surface area (Å²) in [7, 11) is 1.66. The Morgan fingerprint density at radius 2 is 1.86 bits per heavy atom. The maximum absolute atomic E-state index is 13.1. The highest BCUT2D eigenvalue weighted by molar-refractivity contribution is 5.78. The Morgan fingerprint density at radius 1 is 1.14 bits per heavy atom. The van der Waals surface area contributed by atoms with E-state index in [1.807, 2.05) is 24.3 Å². The van der Waals surface area contributed by atoms with Gasteiger partial charge in [-0.2, -0.15) is 0 Å². The smallest absolute Gasteiger partial charge is 0.224 e. The number of amides is 1. The Labute approximate surface area is 166 Å². The van der Waals surface area contributed by atoms with Crippen LogP contribution in [0.15, 0.2) is 48.5 Å². The molecule has 0 aromatic heterocycles. The number of piperidine rings is 1. The van der Waals surface area contributed by atoms with Crippen LogP contribution < -0.4 is 10.1 Å². The van der Waals surface area contributed by atoms with E-state index in [1.54, 1.807) is 7.11 Å². The molecule has 4 nitrogen and oxygen atoms in total. The van der Waals surface area contributed by atoms with Crippen LogP contribution in [-0.2, 0) is 17.8 Å². The van der Waals surface area contributed by atoms with Gasteiger partial charge in [0.25, 0.3) is 0 Å². The fraction of sp³-hybridized carbons (Fsp3) is 0.435. The molecular weight excluding hydrogens is 355 g/mol. The van der Waals surface area contributed by atoms with Crippen molar-refractivity contribution >= 4 is 5.91 Å². The SMILES string of the molecule is COc1ccc(CCCNC(=O)C2CCCN(Cc3ccc(F)cc3)C2)cc1. The van der Waals surface area contributed by atoms with Crippen molar-refractivity contribution in [3.05, 3.63) is 65.5 Å². The highest BCUT2D eigenvalue weighted by Crippen LogP contribution is 2.19. The Bertz CT molecular complexity index is 746. The molecule has 0 spiro atoms. The molecule has 1 aliphatic rings. The van der Waals surface area contributed by atoms with Gasteiger partial charge in [0.15, 0.2) is 0 Å². The third-order valence-electron chi connectivity index (χ3n) is 5.30. The molecule has 1 unspecified atom stereocenters. The first-order chi connectivity index (χ1) is 13.6. The molecule has 2 aromatic rings. The zero-order chi connectivity index (χ0) is 19.8. The molecule has 1 saturated heterocycles. The first-order valence-electron chi connectivity index (χ1n) is 10.0. The summed E-state index contributed by atoms with van der Waals surface area (Å²) in [6, 6.07) is 14.7. The molecule has 0 aliphatic carbocycles. The number of hydrogen-bond donors (Lipinski definition) is 1. The number of carbonyl (C=O) groups is 1. The maximum atomic E-state index is 13.1. The average molecular weight is 384 g/mol. The van der Waals surface area contributed by atoms with Crippen molar-refractivity contribution in [2.75, 3.05) is 26.7 Å². The summed E-state index contributed by atoms with van der Waals surface area (Å²) in [5.74, 6) is 0.836. The van der Waals surface area contributed by atoms with Gasteiger partial charge in [0.2, 0.25) is 5.91 Å². The number of hydrogen-bond acceptors (Lipinski definition) is 3. The lowest BCUT2D eigenvalue weighted by molar-refractivity contribution is -0.126. The first-order valence-corrected chi connectivity index (χ1v) is 10.0. The number of benzene rings is 2. The van der Waals surface area contributed by atoms with Gasteiger partial charge < -0.3 is 10.1 Å². The molecule has 28 heavy (non-hydrogen) atoms. The molecule has 0 bridgehead atoms. The number of carbonyl (C=O) groups excluding carboxylic acids is 1. The number of nitrogens with zero attached hydrogens (tertiary/aromatic N) is 1. The molecule has 0 radical (unpaired) electrons. The van der Waals surface area contributed by atoms with E-state index < -0.39 is 0 Å². The van der Waals surface area contributed by atoms with E-state index in [1.165, 1.54) is 17.7 Å². The van der Waals surface area contributed by atoms with E-state index in [-0.39, 0.29) is 17.6 Å². The summed E-state index contributed by atoms with van der Waals surface area (Å²) in [5, 5.41) is 3.10. The van der Waals surface area contributed by atoms with Gasteiger partial charge in [-0.3, -0.25) is 9.69 Å². The van der Waals surface area contributed by atoms with E-state index in [4.69, 9.17) is 4.74 Å². The normalized spacial score (nSPS) is 17.3. The van der Waals surface area contributed by atoms with Gasteiger partial charge in [-0.1, -0.05) is 24.3 Å². The molecule has 1 aliphatic heterocycles. The Kier molecular flexibility index (Phi) is 7.43. The molecule has 3 rings (SSSR count). The fourth-order valence-electron chi connectivity index (χ4n) is 3.70. The summed E-state index contributed by atoms with van der Waals surface area (Å²) in [5.41, 5.74) is 2.33. The summed E-state index contributed by atoms with van der Waals surface area (Å²) in [6.07, 6.45) is 3.81. The van der Waals surface area contributed by atoms with Gasteiger partial charge in [0, 0.05) is 19.6 Å². The lowest BCUT2D eigenvalue weighted by atomic mass is 9.96. The summed E-state index contributed by atoms with van der Waals surface area (Å²) >= 11 is 0. The third-order valence-corrected chi connectivity index (χ3v) is 5.30. The number of halogens is 1. The van der Waals surface area contributed by atoms with Crippen LogP contribution in [0.5, 0.6) is 5.75 Å². The molecule has 1 N–H and O–H groups in total. The topological polar surface area (TPSA) is 41.6 Å². The van der Waals surface area contributed by atoms with Crippen molar-refractivity contribution in [1.82, 2.24) is 10.2 Å². The van der Waals surface area contributed by atoms with Crippen molar-refractivity contribution in [1.29, 1.82) is 0 Å². The van der Waals surface area contributed by atoms with Crippen LogP contribution in [0, 0.1) is 11.7 Å². The van der Waals surface area contributed by atoms with Gasteiger partial charge in [-0.05, 0) is 67.6 Å². The molecule has 1 amide bonds. The number of aryl methyl sites for hydroxylation is 1. The molecule has 2 aromatic carbocycles. The zero-order valence-corrected chi connectivity index (χ0v) is 16.5. The van der Waals surface area contributed by atoms with Gasteiger partial charge >= 0.3 is 0 Å². The molecule has 150 valence electrons. The summed E-state index contributed by atoms with van der Waals surface area (Å²) < 4.78 is 18.2. The second kappa shape index (κ2) is 10.2. The van der Waals surface area contributed by atoms with Gasteiger partial charge in [-0.15, -0.1) is 0 Å². The van der Waals surface area contributed by atoms with Crippen molar-refractivity contribution in [2.45, 2.75) is 32.2 Å². The second-order valence-electron chi connectivity index (χ2n) is 7.44. The van der Waals surface area contributed by atoms with Crippen LogP contribution in [-0.4, -0.2) is 37.6 Å². The first kappa shape index (κ1) is 20.3. The lowest BCUT2D eigenvalue weighted by Gasteiger charge is -2.32. The summed E-state index contributed by atoms with van der Waals surface area (Å²) in [6.45, 7) is 3.21. The van der Waals surface area contributed by atoms with Gasteiger partial charge in [-0.25, -0.2) is 4.39 Å². The van der Waals surface area contributed by atoms with Crippen LogP contribution in [0.4, 0.5) is 4.39 Å². The minimum atomic E-state index is -0.214. The standard InChI is InChI=1S/C23H29FN2O2/c1-28-22-12-8-18(9-13-22)4-2-14-25-23(27)20-5-3-15-26(17-20)16-19-6-10-21(24)11-7-19/h6-13,20H,2-5,14-17H2,1H3,(H,25,27). The third kappa shape index (κ3) is 6.06. The highest BCUT2D eigenvalue weighted by Gasteiger charge is 2.25.